The molecule has 0 aliphatic rings. The van der Waals surface area contributed by atoms with Crippen molar-refractivity contribution in [3.63, 3.8) is 0 Å². The van der Waals surface area contributed by atoms with Gasteiger partial charge in [0.2, 0.25) is 5.89 Å². The van der Waals surface area contributed by atoms with Gasteiger partial charge >= 0.3 is 6.03 Å². The highest BCUT2D eigenvalue weighted by Crippen LogP contribution is 2.17. The van der Waals surface area contributed by atoms with E-state index in [0.717, 1.165) is 16.8 Å². The third-order valence-corrected chi connectivity index (χ3v) is 3.72. The number of nitrogens with zero attached hydrogens (tertiary/aromatic N) is 5. The van der Waals surface area contributed by atoms with Gasteiger partial charge in [0.25, 0.3) is 0 Å². The van der Waals surface area contributed by atoms with Gasteiger partial charge in [-0.25, -0.2) is 9.48 Å². The molecule has 3 aromatic rings. The van der Waals surface area contributed by atoms with Gasteiger partial charge in [-0.2, -0.15) is 4.98 Å². The maximum atomic E-state index is 12.2. The molecule has 0 atom stereocenters. The van der Waals surface area contributed by atoms with Gasteiger partial charge < -0.3 is 9.84 Å². The SMILES string of the molecule is Cc1ccc(C)c(NC(=O)Nc2nnn(Cc3noc(C)n3)c2C)c1. The lowest BCUT2D eigenvalue weighted by atomic mass is 10.1. The topological polar surface area (TPSA) is 111 Å². The van der Waals surface area contributed by atoms with Gasteiger partial charge in [-0.05, 0) is 38.0 Å². The maximum absolute atomic E-state index is 12.2. The second-order valence-electron chi connectivity index (χ2n) is 5.81. The normalized spacial score (nSPS) is 10.7. The van der Waals surface area contributed by atoms with Gasteiger partial charge in [-0.1, -0.05) is 22.5 Å². The fourth-order valence-electron chi connectivity index (χ4n) is 2.30. The number of nitrogens with one attached hydrogen (secondary N) is 2. The molecule has 0 saturated carbocycles. The molecule has 3 rings (SSSR count). The van der Waals surface area contributed by atoms with Crippen LogP contribution in [0, 0.1) is 27.7 Å². The second-order valence-corrected chi connectivity index (χ2v) is 5.81. The highest BCUT2D eigenvalue weighted by Gasteiger charge is 2.14. The number of carbonyl (C=O) groups is 1. The molecular formula is C16H19N7O2. The number of amides is 2. The first-order chi connectivity index (χ1) is 11.9. The molecule has 0 aliphatic carbocycles. The summed E-state index contributed by atoms with van der Waals surface area (Å²) in [5, 5.41) is 17.4. The van der Waals surface area contributed by atoms with Gasteiger partial charge in [0, 0.05) is 12.6 Å². The van der Waals surface area contributed by atoms with Crippen LogP contribution in [0.2, 0.25) is 0 Å². The molecule has 2 aromatic heterocycles. The van der Waals surface area contributed by atoms with E-state index in [9.17, 15) is 4.79 Å². The first-order valence-corrected chi connectivity index (χ1v) is 7.77. The monoisotopic (exact) mass is 341 g/mol. The third-order valence-electron chi connectivity index (χ3n) is 3.72. The van der Waals surface area contributed by atoms with Crippen LogP contribution in [0.4, 0.5) is 16.3 Å². The van der Waals surface area contributed by atoms with Crippen molar-refractivity contribution < 1.29 is 9.32 Å². The van der Waals surface area contributed by atoms with Crippen molar-refractivity contribution in [3.05, 3.63) is 46.7 Å². The summed E-state index contributed by atoms with van der Waals surface area (Å²) in [6.07, 6.45) is 0. The molecule has 2 N–H and O–H groups in total. The Kier molecular flexibility index (Phi) is 4.46. The number of carbonyl (C=O) groups excluding carboxylic acids is 1. The first kappa shape index (κ1) is 16.6. The maximum Gasteiger partial charge on any atom is 0.324 e. The van der Waals surface area contributed by atoms with Crippen LogP contribution in [0.1, 0.15) is 28.5 Å². The van der Waals surface area contributed by atoms with E-state index in [1.165, 1.54) is 0 Å². The molecule has 0 fully saturated rings. The largest absolute Gasteiger partial charge is 0.340 e. The predicted octanol–water partition coefficient (Wildman–Crippen LogP) is 2.59. The molecule has 130 valence electrons. The van der Waals surface area contributed by atoms with Crippen LogP contribution >= 0.6 is 0 Å². The molecule has 1 aromatic carbocycles. The predicted molar refractivity (Wildman–Crippen MR) is 91.5 cm³/mol. The van der Waals surface area contributed by atoms with Crippen LogP contribution < -0.4 is 10.6 Å². The van der Waals surface area contributed by atoms with E-state index in [1.54, 1.807) is 18.5 Å². The van der Waals surface area contributed by atoms with E-state index < -0.39 is 0 Å². The molecule has 9 nitrogen and oxygen atoms in total. The number of hydrogen-bond acceptors (Lipinski definition) is 6. The Hall–Kier alpha value is -3.23. The first-order valence-electron chi connectivity index (χ1n) is 7.77. The van der Waals surface area contributed by atoms with Gasteiger partial charge in [0.1, 0.15) is 6.54 Å². The fraction of sp³-hybridized carbons (Fsp3) is 0.312. The average molecular weight is 341 g/mol. The zero-order valence-electron chi connectivity index (χ0n) is 14.5. The van der Waals surface area contributed by atoms with Gasteiger partial charge in [-0.15, -0.1) is 5.10 Å². The van der Waals surface area contributed by atoms with Crippen LogP contribution in [-0.4, -0.2) is 31.2 Å². The standard InChI is InChI=1S/C16H19N7O2/c1-9-5-6-10(2)13(7-9)18-16(24)19-15-11(3)23(22-20-15)8-14-17-12(4)25-21-14/h5-7H,8H2,1-4H3,(H2,18,19,24). The summed E-state index contributed by atoms with van der Waals surface area (Å²) in [5.74, 6) is 1.36. The Bertz CT molecular complexity index is 913. The van der Waals surface area contributed by atoms with Crippen LogP contribution in [0.15, 0.2) is 22.7 Å². The van der Waals surface area contributed by atoms with Gasteiger partial charge in [0.05, 0.1) is 5.69 Å². The summed E-state index contributed by atoms with van der Waals surface area (Å²) in [5.41, 5.74) is 3.50. The molecule has 9 heteroatoms. The summed E-state index contributed by atoms with van der Waals surface area (Å²) in [6, 6.07) is 5.49. The number of aryl methyl sites for hydroxylation is 3. The Morgan fingerprint density at radius 2 is 2.00 bits per heavy atom. The van der Waals surface area contributed by atoms with Crippen LogP contribution in [0.25, 0.3) is 0 Å². The molecule has 2 heterocycles. The van der Waals surface area contributed by atoms with Crippen molar-refractivity contribution in [2.24, 2.45) is 0 Å². The van der Waals surface area contributed by atoms with Gasteiger partial charge in [-0.3, -0.25) is 5.32 Å². The number of hydrogen-bond donors (Lipinski definition) is 2. The zero-order valence-corrected chi connectivity index (χ0v) is 14.5. The van der Waals surface area contributed by atoms with E-state index >= 15 is 0 Å². The van der Waals surface area contributed by atoms with Crippen LogP contribution in [0.3, 0.4) is 0 Å². The lowest BCUT2D eigenvalue weighted by Gasteiger charge is -2.09. The molecule has 2 amide bonds. The zero-order chi connectivity index (χ0) is 18.0. The molecule has 0 radical (unpaired) electrons. The molecule has 0 saturated heterocycles. The number of urea groups is 1. The van der Waals surface area contributed by atoms with Crippen molar-refractivity contribution in [1.82, 2.24) is 25.1 Å². The molecule has 0 aliphatic heterocycles. The van der Waals surface area contributed by atoms with Crippen molar-refractivity contribution in [2.45, 2.75) is 34.2 Å². The third kappa shape index (κ3) is 3.82. The molecule has 0 spiro atoms. The number of anilines is 2. The van der Waals surface area contributed by atoms with Crippen molar-refractivity contribution in [3.8, 4) is 0 Å². The Labute approximate surface area is 144 Å². The number of aromatic nitrogens is 5. The Morgan fingerprint density at radius 1 is 1.20 bits per heavy atom. The van der Waals surface area contributed by atoms with E-state index in [4.69, 9.17) is 4.52 Å². The Morgan fingerprint density at radius 3 is 2.72 bits per heavy atom. The quantitative estimate of drug-likeness (QED) is 0.754. The van der Waals surface area contributed by atoms with Crippen molar-refractivity contribution in [2.75, 3.05) is 10.6 Å². The molecule has 0 bridgehead atoms. The highest BCUT2D eigenvalue weighted by atomic mass is 16.5. The molecular weight excluding hydrogens is 322 g/mol. The average Bonchev–Trinajstić information content (AvgIpc) is 3.11. The summed E-state index contributed by atoms with van der Waals surface area (Å²) < 4.78 is 6.53. The van der Waals surface area contributed by atoms with E-state index in [0.29, 0.717) is 29.8 Å². The summed E-state index contributed by atoms with van der Waals surface area (Å²) in [7, 11) is 0. The lowest BCUT2D eigenvalue weighted by Crippen LogP contribution is -2.21. The van der Waals surface area contributed by atoms with Crippen molar-refractivity contribution >= 4 is 17.5 Å². The lowest BCUT2D eigenvalue weighted by molar-refractivity contribution is 0.262. The minimum atomic E-state index is -0.376. The van der Waals surface area contributed by atoms with Crippen LogP contribution in [-0.2, 0) is 6.54 Å². The number of benzene rings is 1. The Balaban J connectivity index is 1.68. The van der Waals surface area contributed by atoms with E-state index in [2.05, 4.69) is 31.1 Å². The van der Waals surface area contributed by atoms with Crippen molar-refractivity contribution in [1.29, 1.82) is 0 Å². The summed E-state index contributed by atoms with van der Waals surface area (Å²) in [6.45, 7) is 7.74. The minimum absolute atomic E-state index is 0.316. The number of rotatable bonds is 4. The molecule has 25 heavy (non-hydrogen) atoms. The summed E-state index contributed by atoms with van der Waals surface area (Å²) >= 11 is 0. The van der Waals surface area contributed by atoms with Gasteiger partial charge in [0.15, 0.2) is 11.6 Å². The van der Waals surface area contributed by atoms with E-state index in [1.807, 2.05) is 32.0 Å². The minimum Gasteiger partial charge on any atom is -0.340 e. The second kappa shape index (κ2) is 6.71. The smallest absolute Gasteiger partial charge is 0.324 e. The highest BCUT2D eigenvalue weighted by molar-refractivity contribution is 5.99. The molecule has 0 unspecified atom stereocenters. The fourth-order valence-corrected chi connectivity index (χ4v) is 2.30. The van der Waals surface area contributed by atoms with E-state index in [-0.39, 0.29) is 6.03 Å². The van der Waals surface area contributed by atoms with Crippen LogP contribution in [0.5, 0.6) is 0 Å². The summed E-state index contributed by atoms with van der Waals surface area (Å²) in [4.78, 5) is 16.4.